The Hall–Kier alpha value is -3.20. The molecular weight excluding hydrogens is 404 g/mol. The third-order valence-corrected chi connectivity index (χ3v) is 5.54. The van der Waals surface area contributed by atoms with Crippen LogP contribution in [0.5, 0.6) is 5.75 Å². The Labute approximate surface area is 178 Å². The molecule has 0 aliphatic carbocycles. The third kappa shape index (κ3) is 4.85. The number of nitrogens with zero attached hydrogens (tertiary/aromatic N) is 2. The SMILES string of the molecule is Cc1cccc(OCC(=O)Nc2c3c(nn2CC(=O)NCc2ccco2)CSC3)c1. The summed E-state index contributed by atoms with van der Waals surface area (Å²) in [6.07, 6.45) is 1.56. The van der Waals surface area contributed by atoms with E-state index in [-0.39, 0.29) is 25.0 Å². The molecule has 9 heteroatoms. The van der Waals surface area contributed by atoms with Crippen molar-refractivity contribution < 1.29 is 18.7 Å². The van der Waals surface area contributed by atoms with Gasteiger partial charge in [-0.3, -0.25) is 9.59 Å². The quantitative estimate of drug-likeness (QED) is 0.575. The van der Waals surface area contributed by atoms with Crippen molar-refractivity contribution in [2.75, 3.05) is 11.9 Å². The molecule has 0 fully saturated rings. The monoisotopic (exact) mass is 426 g/mol. The van der Waals surface area contributed by atoms with E-state index in [0.717, 1.165) is 28.3 Å². The van der Waals surface area contributed by atoms with E-state index < -0.39 is 0 Å². The summed E-state index contributed by atoms with van der Waals surface area (Å²) in [6, 6.07) is 11.1. The number of hydrogen-bond donors (Lipinski definition) is 2. The summed E-state index contributed by atoms with van der Waals surface area (Å²) in [6.45, 7) is 2.14. The zero-order chi connectivity index (χ0) is 20.9. The fraction of sp³-hybridized carbons (Fsp3) is 0.286. The van der Waals surface area contributed by atoms with Crippen LogP contribution in [0.2, 0.25) is 0 Å². The molecule has 0 saturated carbocycles. The lowest BCUT2D eigenvalue weighted by Gasteiger charge is -2.12. The van der Waals surface area contributed by atoms with Gasteiger partial charge in [-0.2, -0.15) is 16.9 Å². The number of carbonyl (C=O) groups excluding carboxylic acids is 2. The number of fused-ring (bicyclic) bond motifs is 1. The molecule has 0 bridgehead atoms. The van der Waals surface area contributed by atoms with E-state index in [4.69, 9.17) is 9.15 Å². The van der Waals surface area contributed by atoms with Crippen LogP contribution in [0.1, 0.15) is 22.6 Å². The van der Waals surface area contributed by atoms with Crippen LogP contribution in [0.15, 0.2) is 47.1 Å². The van der Waals surface area contributed by atoms with Gasteiger partial charge in [0.25, 0.3) is 5.91 Å². The molecule has 2 N–H and O–H groups in total. The molecule has 3 aromatic rings. The number of nitrogens with one attached hydrogen (secondary N) is 2. The number of carbonyl (C=O) groups is 2. The molecule has 3 heterocycles. The third-order valence-electron chi connectivity index (χ3n) is 4.57. The number of anilines is 1. The number of aromatic nitrogens is 2. The number of hydrogen-bond acceptors (Lipinski definition) is 6. The molecule has 1 aliphatic rings. The molecule has 2 amide bonds. The predicted molar refractivity (Wildman–Crippen MR) is 113 cm³/mol. The highest BCUT2D eigenvalue weighted by Crippen LogP contribution is 2.34. The summed E-state index contributed by atoms with van der Waals surface area (Å²) < 4.78 is 12.3. The molecule has 0 saturated heterocycles. The highest BCUT2D eigenvalue weighted by Gasteiger charge is 2.25. The summed E-state index contributed by atoms with van der Waals surface area (Å²) >= 11 is 1.73. The second-order valence-corrected chi connectivity index (χ2v) is 7.92. The van der Waals surface area contributed by atoms with Gasteiger partial charge in [-0.25, -0.2) is 4.68 Å². The van der Waals surface area contributed by atoms with E-state index in [1.54, 1.807) is 34.8 Å². The maximum atomic E-state index is 12.5. The minimum atomic E-state index is -0.298. The van der Waals surface area contributed by atoms with Crippen molar-refractivity contribution in [1.29, 1.82) is 0 Å². The first-order chi connectivity index (χ1) is 14.6. The van der Waals surface area contributed by atoms with E-state index in [2.05, 4.69) is 15.7 Å². The number of furan rings is 1. The van der Waals surface area contributed by atoms with Gasteiger partial charge in [-0.05, 0) is 36.8 Å². The zero-order valence-electron chi connectivity index (χ0n) is 16.5. The molecule has 2 aromatic heterocycles. The summed E-state index contributed by atoms with van der Waals surface area (Å²) in [7, 11) is 0. The smallest absolute Gasteiger partial charge is 0.263 e. The van der Waals surface area contributed by atoms with Crippen LogP contribution in [0.3, 0.4) is 0 Å². The number of thioether (sulfide) groups is 1. The fourth-order valence-corrected chi connectivity index (χ4v) is 4.17. The number of rotatable bonds is 8. The Balaban J connectivity index is 1.39. The second-order valence-electron chi connectivity index (χ2n) is 6.93. The zero-order valence-corrected chi connectivity index (χ0v) is 17.3. The summed E-state index contributed by atoms with van der Waals surface area (Å²) in [5.41, 5.74) is 2.91. The first kappa shape index (κ1) is 20.1. The average Bonchev–Trinajstić information content (AvgIpc) is 3.45. The van der Waals surface area contributed by atoms with Crippen molar-refractivity contribution in [1.82, 2.24) is 15.1 Å². The number of ether oxygens (including phenoxy) is 1. The molecule has 30 heavy (non-hydrogen) atoms. The van der Waals surface area contributed by atoms with Gasteiger partial charge in [0.05, 0.1) is 18.5 Å². The van der Waals surface area contributed by atoms with E-state index in [0.29, 0.717) is 23.9 Å². The topological polar surface area (TPSA) is 98.4 Å². The molecule has 0 unspecified atom stereocenters. The molecular formula is C21H22N4O4S. The van der Waals surface area contributed by atoms with Crippen molar-refractivity contribution in [3.8, 4) is 5.75 Å². The van der Waals surface area contributed by atoms with E-state index in [1.165, 1.54) is 0 Å². The Bertz CT molecular complexity index is 1050. The van der Waals surface area contributed by atoms with Gasteiger partial charge < -0.3 is 19.8 Å². The first-order valence-electron chi connectivity index (χ1n) is 9.53. The van der Waals surface area contributed by atoms with E-state index in [9.17, 15) is 9.59 Å². The molecule has 1 aliphatic heterocycles. The van der Waals surface area contributed by atoms with Gasteiger partial charge in [0.15, 0.2) is 6.61 Å². The standard InChI is InChI=1S/C21H22N4O4S/c1-14-4-2-5-15(8-14)29-11-20(27)23-21-17-12-30-13-18(17)24-25(21)10-19(26)22-9-16-6-3-7-28-16/h2-8H,9-13H2,1H3,(H,22,26)(H,23,27). The van der Waals surface area contributed by atoms with Crippen LogP contribution in [-0.4, -0.2) is 28.2 Å². The van der Waals surface area contributed by atoms with Crippen LogP contribution in [0.4, 0.5) is 5.82 Å². The Morgan fingerprint density at radius 1 is 1.23 bits per heavy atom. The summed E-state index contributed by atoms with van der Waals surface area (Å²) in [5, 5.41) is 10.2. The van der Waals surface area contributed by atoms with Gasteiger partial charge >= 0.3 is 0 Å². The molecule has 0 spiro atoms. The lowest BCUT2D eigenvalue weighted by molar-refractivity contribution is -0.122. The lowest BCUT2D eigenvalue weighted by atomic mass is 10.2. The minimum absolute atomic E-state index is 0.00667. The number of benzene rings is 1. The molecule has 156 valence electrons. The van der Waals surface area contributed by atoms with Gasteiger partial charge in [0.2, 0.25) is 5.91 Å². The van der Waals surface area contributed by atoms with Crippen molar-refractivity contribution in [2.45, 2.75) is 31.5 Å². The minimum Gasteiger partial charge on any atom is -0.484 e. The summed E-state index contributed by atoms with van der Waals surface area (Å²) in [5.74, 6) is 2.86. The van der Waals surface area contributed by atoms with Crippen LogP contribution >= 0.6 is 11.8 Å². The highest BCUT2D eigenvalue weighted by atomic mass is 32.2. The van der Waals surface area contributed by atoms with Gasteiger partial charge in [0, 0.05) is 17.1 Å². The Kier molecular flexibility index (Phi) is 6.08. The average molecular weight is 426 g/mol. The molecule has 0 atom stereocenters. The van der Waals surface area contributed by atoms with Crippen molar-refractivity contribution >= 4 is 29.4 Å². The van der Waals surface area contributed by atoms with Crippen LogP contribution in [0.25, 0.3) is 0 Å². The van der Waals surface area contributed by atoms with Crippen molar-refractivity contribution in [3.63, 3.8) is 0 Å². The predicted octanol–water partition coefficient (Wildman–Crippen LogP) is 2.87. The maximum absolute atomic E-state index is 12.5. The van der Waals surface area contributed by atoms with Gasteiger partial charge in [-0.15, -0.1) is 0 Å². The molecule has 8 nitrogen and oxygen atoms in total. The fourth-order valence-electron chi connectivity index (χ4n) is 3.13. The molecule has 4 rings (SSSR count). The maximum Gasteiger partial charge on any atom is 0.263 e. The van der Waals surface area contributed by atoms with Crippen LogP contribution < -0.4 is 15.4 Å². The largest absolute Gasteiger partial charge is 0.484 e. The lowest BCUT2D eigenvalue weighted by Crippen LogP contribution is -2.29. The first-order valence-corrected chi connectivity index (χ1v) is 10.7. The second kappa shape index (κ2) is 9.08. The Morgan fingerprint density at radius 2 is 2.13 bits per heavy atom. The highest BCUT2D eigenvalue weighted by molar-refractivity contribution is 7.98. The Morgan fingerprint density at radius 3 is 2.93 bits per heavy atom. The summed E-state index contributed by atoms with van der Waals surface area (Å²) in [4.78, 5) is 24.8. The van der Waals surface area contributed by atoms with Crippen LogP contribution in [0, 0.1) is 6.92 Å². The van der Waals surface area contributed by atoms with Crippen molar-refractivity contribution in [2.24, 2.45) is 0 Å². The number of aryl methyl sites for hydroxylation is 1. The van der Waals surface area contributed by atoms with Gasteiger partial charge in [0.1, 0.15) is 23.9 Å². The molecule has 0 radical (unpaired) electrons. The normalized spacial score (nSPS) is 12.4. The van der Waals surface area contributed by atoms with Gasteiger partial charge in [-0.1, -0.05) is 12.1 Å². The van der Waals surface area contributed by atoms with Crippen molar-refractivity contribution in [3.05, 3.63) is 65.2 Å². The number of amides is 2. The molecule has 1 aromatic carbocycles. The van der Waals surface area contributed by atoms with E-state index in [1.807, 2.05) is 31.2 Å². The van der Waals surface area contributed by atoms with E-state index >= 15 is 0 Å². The van der Waals surface area contributed by atoms with Crippen LogP contribution in [-0.2, 0) is 34.2 Å².